The molecule has 0 saturated heterocycles. The largest absolute Gasteiger partial charge is 0.377 e. The van der Waals surface area contributed by atoms with Gasteiger partial charge < -0.3 is 10.1 Å². The lowest BCUT2D eigenvalue weighted by molar-refractivity contribution is 0.0271. The predicted molar refractivity (Wildman–Crippen MR) is 74.8 cm³/mol. The monoisotopic (exact) mass is 256 g/mol. The van der Waals surface area contributed by atoms with Crippen molar-refractivity contribution in [2.24, 2.45) is 10.4 Å². The number of aliphatic imine (C=N–C) groups is 1. The number of amidine groups is 1. The molecular weight excluding hydrogens is 232 g/mol. The zero-order chi connectivity index (χ0) is 12.4. The maximum Gasteiger partial charge on any atom is 0.156 e. The maximum absolute atomic E-state index is 5.40. The van der Waals surface area contributed by atoms with Crippen molar-refractivity contribution in [2.75, 3.05) is 26.0 Å². The van der Waals surface area contributed by atoms with E-state index in [0.29, 0.717) is 5.41 Å². The van der Waals surface area contributed by atoms with Crippen LogP contribution in [0.3, 0.4) is 0 Å². The molecule has 0 aromatic rings. The zero-order valence-electron chi connectivity index (χ0n) is 11.2. The summed E-state index contributed by atoms with van der Waals surface area (Å²) in [4.78, 5) is 4.72. The standard InChI is InChI=1S/C13H24N2OS/c1-12(2,16-3)8-14-11-15-9-13(10-17-11)6-4-5-7-13/h4-10H2,1-3H3,(H,14,15). The number of hydrogen-bond donors (Lipinski definition) is 1. The van der Waals surface area contributed by atoms with Gasteiger partial charge in [0, 0.05) is 26.0 Å². The van der Waals surface area contributed by atoms with Gasteiger partial charge >= 0.3 is 0 Å². The minimum Gasteiger partial charge on any atom is -0.377 e. The summed E-state index contributed by atoms with van der Waals surface area (Å²) < 4.78 is 5.40. The zero-order valence-corrected chi connectivity index (χ0v) is 12.0. The number of rotatable bonds is 3. The van der Waals surface area contributed by atoms with Gasteiger partial charge in [-0.3, -0.25) is 4.99 Å². The molecule has 2 rings (SSSR count). The highest BCUT2D eigenvalue weighted by molar-refractivity contribution is 8.13. The second kappa shape index (κ2) is 5.19. The molecule has 0 atom stereocenters. The van der Waals surface area contributed by atoms with Gasteiger partial charge in [-0.1, -0.05) is 24.6 Å². The van der Waals surface area contributed by atoms with E-state index in [1.807, 2.05) is 11.8 Å². The summed E-state index contributed by atoms with van der Waals surface area (Å²) in [5, 5.41) is 4.51. The molecule has 0 amide bonds. The van der Waals surface area contributed by atoms with Gasteiger partial charge in [0.05, 0.1) is 5.60 Å². The summed E-state index contributed by atoms with van der Waals surface area (Å²) in [6, 6.07) is 0. The number of nitrogens with zero attached hydrogens (tertiary/aromatic N) is 1. The Morgan fingerprint density at radius 1 is 1.41 bits per heavy atom. The van der Waals surface area contributed by atoms with Crippen molar-refractivity contribution in [3.63, 3.8) is 0 Å². The highest BCUT2D eigenvalue weighted by Crippen LogP contribution is 2.43. The van der Waals surface area contributed by atoms with Crippen LogP contribution in [-0.4, -0.2) is 36.7 Å². The molecule has 0 aromatic carbocycles. The number of thioether (sulfide) groups is 1. The molecule has 3 nitrogen and oxygen atoms in total. The highest BCUT2D eigenvalue weighted by atomic mass is 32.2. The molecule has 1 saturated carbocycles. The van der Waals surface area contributed by atoms with Crippen LogP contribution in [-0.2, 0) is 4.74 Å². The Hall–Kier alpha value is -0.220. The van der Waals surface area contributed by atoms with Gasteiger partial charge in [0.1, 0.15) is 0 Å². The second-order valence-corrected chi connectivity index (χ2v) is 6.90. The van der Waals surface area contributed by atoms with Crippen LogP contribution < -0.4 is 5.32 Å². The average molecular weight is 256 g/mol. The summed E-state index contributed by atoms with van der Waals surface area (Å²) in [5.74, 6) is 1.24. The van der Waals surface area contributed by atoms with E-state index in [9.17, 15) is 0 Å². The third-order valence-electron chi connectivity index (χ3n) is 3.96. The summed E-state index contributed by atoms with van der Waals surface area (Å²) in [6.45, 7) is 6.02. The summed E-state index contributed by atoms with van der Waals surface area (Å²) in [7, 11) is 1.75. The molecule has 0 unspecified atom stereocenters. The lowest BCUT2D eigenvalue weighted by Gasteiger charge is -2.32. The maximum atomic E-state index is 5.40. The number of ether oxygens (including phenoxy) is 1. The highest BCUT2D eigenvalue weighted by Gasteiger charge is 2.36. The van der Waals surface area contributed by atoms with Crippen LogP contribution in [0.1, 0.15) is 39.5 Å². The fourth-order valence-electron chi connectivity index (χ4n) is 2.45. The van der Waals surface area contributed by atoms with Crippen molar-refractivity contribution in [3.05, 3.63) is 0 Å². The second-order valence-electron chi connectivity index (χ2n) is 5.93. The first-order valence-corrected chi connectivity index (χ1v) is 7.50. The Bertz CT molecular complexity index is 296. The smallest absolute Gasteiger partial charge is 0.156 e. The number of hydrogen-bond acceptors (Lipinski definition) is 4. The van der Waals surface area contributed by atoms with E-state index >= 15 is 0 Å². The minimum absolute atomic E-state index is 0.119. The average Bonchev–Trinajstić information content (AvgIpc) is 2.77. The van der Waals surface area contributed by atoms with E-state index in [1.165, 1.54) is 31.4 Å². The predicted octanol–water partition coefficient (Wildman–Crippen LogP) is 2.66. The molecule has 0 aromatic heterocycles. The molecule has 0 bridgehead atoms. The quantitative estimate of drug-likeness (QED) is 0.843. The summed E-state index contributed by atoms with van der Waals surface area (Å²) in [5.41, 5.74) is 0.415. The lowest BCUT2D eigenvalue weighted by Crippen LogP contribution is -2.41. The third kappa shape index (κ3) is 3.38. The van der Waals surface area contributed by atoms with Crippen LogP contribution in [0.2, 0.25) is 0 Å². The SMILES string of the molecule is COC(C)(C)CNC1=NCC2(CCCC2)CS1. The molecule has 1 heterocycles. The van der Waals surface area contributed by atoms with Gasteiger partial charge in [0.25, 0.3) is 0 Å². The number of nitrogens with one attached hydrogen (secondary N) is 1. The van der Waals surface area contributed by atoms with E-state index in [0.717, 1.165) is 18.3 Å². The first-order valence-electron chi connectivity index (χ1n) is 6.52. The molecule has 2 aliphatic rings. The van der Waals surface area contributed by atoms with Crippen LogP contribution in [0, 0.1) is 5.41 Å². The normalized spacial score (nSPS) is 23.8. The Kier molecular flexibility index (Phi) is 4.03. The Morgan fingerprint density at radius 2 is 2.12 bits per heavy atom. The first-order chi connectivity index (χ1) is 8.05. The van der Waals surface area contributed by atoms with Gasteiger partial charge in [0.15, 0.2) is 5.17 Å². The Labute approximate surface area is 109 Å². The number of methoxy groups -OCH3 is 1. The van der Waals surface area contributed by atoms with Gasteiger partial charge in [0.2, 0.25) is 0 Å². The first kappa shape index (κ1) is 13.2. The van der Waals surface area contributed by atoms with Gasteiger partial charge in [-0.05, 0) is 32.1 Å². The van der Waals surface area contributed by atoms with Crippen LogP contribution in [0.15, 0.2) is 4.99 Å². The molecule has 4 heteroatoms. The van der Waals surface area contributed by atoms with Gasteiger partial charge in [-0.15, -0.1) is 0 Å². The molecule has 1 aliphatic carbocycles. The van der Waals surface area contributed by atoms with E-state index in [4.69, 9.17) is 9.73 Å². The Balaban J connectivity index is 1.82. The molecule has 0 radical (unpaired) electrons. The van der Waals surface area contributed by atoms with Gasteiger partial charge in [-0.25, -0.2) is 0 Å². The molecule has 17 heavy (non-hydrogen) atoms. The summed E-state index contributed by atoms with van der Waals surface area (Å²) in [6.07, 6.45) is 5.55. The molecule has 98 valence electrons. The van der Waals surface area contributed by atoms with E-state index < -0.39 is 0 Å². The van der Waals surface area contributed by atoms with Gasteiger partial charge in [-0.2, -0.15) is 0 Å². The van der Waals surface area contributed by atoms with Crippen LogP contribution in [0.5, 0.6) is 0 Å². The topological polar surface area (TPSA) is 33.6 Å². The summed E-state index contributed by atoms with van der Waals surface area (Å²) >= 11 is 1.89. The van der Waals surface area contributed by atoms with E-state index in [2.05, 4.69) is 19.2 Å². The Morgan fingerprint density at radius 3 is 2.65 bits per heavy atom. The minimum atomic E-state index is -0.119. The molecule has 1 aliphatic heterocycles. The molecular formula is C13H24N2OS. The van der Waals surface area contributed by atoms with Crippen LogP contribution >= 0.6 is 11.8 Å². The van der Waals surface area contributed by atoms with Crippen molar-refractivity contribution in [3.8, 4) is 0 Å². The van der Waals surface area contributed by atoms with Crippen molar-refractivity contribution in [2.45, 2.75) is 45.1 Å². The van der Waals surface area contributed by atoms with Crippen LogP contribution in [0.25, 0.3) is 0 Å². The molecule has 1 spiro atoms. The fourth-order valence-corrected chi connectivity index (χ4v) is 3.60. The molecule has 1 N–H and O–H groups in total. The van der Waals surface area contributed by atoms with Crippen molar-refractivity contribution in [1.29, 1.82) is 0 Å². The lowest BCUT2D eigenvalue weighted by atomic mass is 9.89. The fraction of sp³-hybridized carbons (Fsp3) is 0.923. The van der Waals surface area contributed by atoms with Crippen molar-refractivity contribution < 1.29 is 4.74 Å². The van der Waals surface area contributed by atoms with Crippen LogP contribution in [0.4, 0.5) is 0 Å². The van der Waals surface area contributed by atoms with E-state index in [-0.39, 0.29) is 5.60 Å². The van der Waals surface area contributed by atoms with E-state index in [1.54, 1.807) is 7.11 Å². The van der Waals surface area contributed by atoms with Crippen molar-refractivity contribution in [1.82, 2.24) is 5.32 Å². The molecule has 1 fully saturated rings. The van der Waals surface area contributed by atoms with Crippen molar-refractivity contribution >= 4 is 16.9 Å². The third-order valence-corrected chi connectivity index (χ3v) is 5.26.